The summed E-state index contributed by atoms with van der Waals surface area (Å²) < 4.78 is 0. The number of nitrogens with zero attached hydrogens (tertiary/aromatic N) is 2. The zero-order valence-corrected chi connectivity index (χ0v) is 17.7. The standard InChI is InChI=1S/C22H30N2O5/c1-13-14(2)19(26)17(15(3)18(13)25)7-8-22(4,29)21(28)24-11-9-23(10-12-24)20(27)16-5-6-16/h16,29H,5-12H2,1-4H3. The first-order valence-electron chi connectivity index (χ1n) is 10.3. The van der Waals surface area contributed by atoms with Gasteiger partial charge in [0.1, 0.15) is 5.60 Å². The van der Waals surface area contributed by atoms with Crippen molar-refractivity contribution in [1.82, 2.24) is 9.80 Å². The number of piperazine rings is 1. The number of aliphatic hydroxyl groups is 1. The van der Waals surface area contributed by atoms with Crippen molar-refractivity contribution in [2.24, 2.45) is 5.92 Å². The number of amides is 2. The second-order valence-corrected chi connectivity index (χ2v) is 8.68. The molecule has 2 amide bonds. The van der Waals surface area contributed by atoms with Gasteiger partial charge in [-0.2, -0.15) is 0 Å². The van der Waals surface area contributed by atoms with Crippen molar-refractivity contribution in [2.45, 2.75) is 59.0 Å². The lowest BCUT2D eigenvalue weighted by molar-refractivity contribution is -0.154. The maximum absolute atomic E-state index is 12.9. The van der Waals surface area contributed by atoms with E-state index in [4.69, 9.17) is 0 Å². The Bertz CT molecular complexity index is 824. The van der Waals surface area contributed by atoms with Crippen LogP contribution in [0.2, 0.25) is 0 Å². The Hall–Kier alpha value is -2.28. The minimum atomic E-state index is -1.64. The maximum atomic E-state index is 12.9. The third kappa shape index (κ3) is 4.20. The fourth-order valence-electron chi connectivity index (χ4n) is 3.99. The molecule has 1 N–H and O–H groups in total. The molecule has 7 heteroatoms. The molecule has 0 radical (unpaired) electrons. The highest BCUT2D eigenvalue weighted by Gasteiger charge is 2.39. The van der Waals surface area contributed by atoms with Crippen molar-refractivity contribution in [2.75, 3.05) is 26.2 Å². The van der Waals surface area contributed by atoms with Gasteiger partial charge in [0.05, 0.1) is 0 Å². The molecule has 0 aromatic carbocycles. The van der Waals surface area contributed by atoms with Gasteiger partial charge in [0.15, 0.2) is 11.6 Å². The number of hydrogen-bond acceptors (Lipinski definition) is 5. The van der Waals surface area contributed by atoms with Gasteiger partial charge in [0, 0.05) is 54.4 Å². The van der Waals surface area contributed by atoms with Gasteiger partial charge < -0.3 is 14.9 Å². The number of hydrogen-bond donors (Lipinski definition) is 1. The van der Waals surface area contributed by atoms with E-state index in [-0.39, 0.29) is 36.2 Å². The van der Waals surface area contributed by atoms with E-state index < -0.39 is 11.5 Å². The predicted octanol–water partition coefficient (Wildman–Crippen LogP) is 1.40. The molecule has 1 saturated heterocycles. The van der Waals surface area contributed by atoms with E-state index in [1.807, 2.05) is 0 Å². The third-order valence-electron chi connectivity index (χ3n) is 6.44. The second-order valence-electron chi connectivity index (χ2n) is 8.68. The van der Waals surface area contributed by atoms with Gasteiger partial charge in [-0.05, 0) is 53.4 Å². The van der Waals surface area contributed by atoms with Crippen LogP contribution in [0.25, 0.3) is 0 Å². The van der Waals surface area contributed by atoms with Gasteiger partial charge >= 0.3 is 0 Å². The zero-order valence-electron chi connectivity index (χ0n) is 17.7. The Balaban J connectivity index is 1.59. The predicted molar refractivity (Wildman–Crippen MR) is 107 cm³/mol. The lowest BCUT2D eigenvalue weighted by Gasteiger charge is -2.38. The molecule has 0 spiro atoms. The first-order chi connectivity index (χ1) is 13.5. The molecule has 158 valence electrons. The summed E-state index contributed by atoms with van der Waals surface area (Å²) in [6.07, 6.45) is 2.14. The summed E-state index contributed by atoms with van der Waals surface area (Å²) in [7, 11) is 0. The van der Waals surface area contributed by atoms with Crippen LogP contribution >= 0.6 is 0 Å². The summed E-state index contributed by atoms with van der Waals surface area (Å²) in [4.78, 5) is 53.2. The van der Waals surface area contributed by atoms with Crippen LogP contribution in [-0.4, -0.2) is 70.1 Å². The summed E-state index contributed by atoms with van der Waals surface area (Å²) in [6.45, 7) is 8.11. The van der Waals surface area contributed by atoms with E-state index in [0.29, 0.717) is 48.5 Å². The highest BCUT2D eigenvalue weighted by atomic mass is 16.3. The Morgan fingerprint density at radius 1 is 0.931 bits per heavy atom. The van der Waals surface area contributed by atoms with E-state index in [1.165, 1.54) is 6.92 Å². The molecule has 0 bridgehead atoms. The normalized spacial score (nSPS) is 22.9. The van der Waals surface area contributed by atoms with Gasteiger partial charge in [-0.1, -0.05) is 0 Å². The first kappa shape index (κ1) is 21.4. The summed E-state index contributed by atoms with van der Waals surface area (Å²) in [6, 6.07) is 0. The molecule has 0 aromatic rings. The molecule has 29 heavy (non-hydrogen) atoms. The van der Waals surface area contributed by atoms with Gasteiger partial charge in [0.2, 0.25) is 5.91 Å². The molecular weight excluding hydrogens is 372 g/mol. The third-order valence-corrected chi connectivity index (χ3v) is 6.44. The number of ketones is 2. The van der Waals surface area contributed by atoms with Crippen LogP contribution in [0.4, 0.5) is 0 Å². The van der Waals surface area contributed by atoms with Crippen molar-refractivity contribution in [3.63, 3.8) is 0 Å². The summed E-state index contributed by atoms with van der Waals surface area (Å²) >= 11 is 0. The minimum absolute atomic E-state index is 0.0606. The number of allylic oxidation sites excluding steroid dienone is 4. The first-order valence-corrected chi connectivity index (χ1v) is 10.3. The molecule has 2 fully saturated rings. The fourth-order valence-corrected chi connectivity index (χ4v) is 3.99. The number of rotatable bonds is 5. The zero-order chi connectivity index (χ0) is 21.5. The molecular formula is C22H30N2O5. The topological polar surface area (TPSA) is 95.0 Å². The molecule has 3 rings (SSSR count). The average molecular weight is 402 g/mol. The number of Topliss-reactive ketones (excluding diaryl/α,β-unsaturated/α-hetero) is 2. The van der Waals surface area contributed by atoms with Gasteiger partial charge in [-0.3, -0.25) is 19.2 Å². The smallest absolute Gasteiger partial charge is 0.254 e. The van der Waals surface area contributed by atoms with Crippen molar-refractivity contribution < 1.29 is 24.3 Å². The van der Waals surface area contributed by atoms with E-state index in [0.717, 1.165) is 12.8 Å². The monoisotopic (exact) mass is 402 g/mol. The molecule has 2 aliphatic carbocycles. The lowest BCUT2D eigenvalue weighted by Crippen LogP contribution is -2.56. The van der Waals surface area contributed by atoms with Crippen LogP contribution < -0.4 is 0 Å². The van der Waals surface area contributed by atoms with E-state index >= 15 is 0 Å². The quantitative estimate of drug-likeness (QED) is 0.702. The largest absolute Gasteiger partial charge is 0.380 e. The molecule has 7 nitrogen and oxygen atoms in total. The molecule has 3 aliphatic rings. The van der Waals surface area contributed by atoms with Crippen molar-refractivity contribution in [3.8, 4) is 0 Å². The van der Waals surface area contributed by atoms with Gasteiger partial charge in [-0.25, -0.2) is 0 Å². The molecule has 1 atom stereocenters. The molecule has 1 aliphatic heterocycles. The Morgan fingerprint density at radius 3 is 2.00 bits per heavy atom. The SMILES string of the molecule is CC1=C(C)C(=O)C(CCC(C)(O)C(=O)N2CCN(C(=O)C3CC3)CC2)=C(C)C1=O. The number of carbonyl (C=O) groups excluding carboxylic acids is 4. The highest BCUT2D eigenvalue weighted by Crippen LogP contribution is 2.32. The second kappa shape index (κ2) is 7.86. The van der Waals surface area contributed by atoms with Crippen LogP contribution in [0.5, 0.6) is 0 Å². The molecule has 1 unspecified atom stereocenters. The summed E-state index contributed by atoms with van der Waals surface area (Å²) in [5.41, 5.74) is 0.0268. The fraction of sp³-hybridized carbons (Fsp3) is 0.636. The Kier molecular flexibility index (Phi) is 5.81. The molecule has 1 heterocycles. The lowest BCUT2D eigenvalue weighted by atomic mass is 9.82. The Morgan fingerprint density at radius 2 is 1.45 bits per heavy atom. The molecule has 1 saturated carbocycles. The van der Waals surface area contributed by atoms with E-state index in [2.05, 4.69) is 0 Å². The Labute approximate surface area is 171 Å². The molecule has 0 aromatic heterocycles. The highest BCUT2D eigenvalue weighted by molar-refractivity contribution is 6.24. The van der Waals surface area contributed by atoms with Crippen molar-refractivity contribution in [1.29, 1.82) is 0 Å². The minimum Gasteiger partial charge on any atom is -0.380 e. The van der Waals surface area contributed by atoms with Crippen molar-refractivity contribution in [3.05, 3.63) is 22.3 Å². The van der Waals surface area contributed by atoms with Crippen LogP contribution in [0, 0.1) is 5.92 Å². The number of carbonyl (C=O) groups is 4. The van der Waals surface area contributed by atoms with Crippen molar-refractivity contribution >= 4 is 23.4 Å². The van der Waals surface area contributed by atoms with E-state index in [1.54, 1.807) is 30.6 Å². The van der Waals surface area contributed by atoms with Gasteiger partial charge in [0.25, 0.3) is 5.91 Å². The summed E-state index contributed by atoms with van der Waals surface area (Å²) in [5.74, 6) is -0.402. The van der Waals surface area contributed by atoms with Crippen LogP contribution in [-0.2, 0) is 19.2 Å². The summed E-state index contributed by atoms with van der Waals surface area (Å²) in [5, 5.41) is 10.8. The maximum Gasteiger partial charge on any atom is 0.254 e. The average Bonchev–Trinajstić information content (AvgIpc) is 3.55. The van der Waals surface area contributed by atoms with Crippen LogP contribution in [0.15, 0.2) is 22.3 Å². The van der Waals surface area contributed by atoms with Gasteiger partial charge in [-0.15, -0.1) is 0 Å². The van der Waals surface area contributed by atoms with Crippen LogP contribution in [0.3, 0.4) is 0 Å². The van der Waals surface area contributed by atoms with E-state index in [9.17, 15) is 24.3 Å². The van der Waals surface area contributed by atoms with Crippen LogP contribution in [0.1, 0.15) is 53.4 Å².